The minimum absolute atomic E-state index is 0.142. The first-order valence-electron chi connectivity index (χ1n) is 11.8. The SMILES string of the molecule is CCCCC1=CCC(c2c(C(C)(C)C)ccc3c2Cc2cc(C(C)(C)C)ccc2-3)=C1. The van der Waals surface area contributed by atoms with Crippen LogP contribution in [0, 0.1) is 0 Å². The zero-order valence-electron chi connectivity index (χ0n) is 20.1. The molecule has 0 radical (unpaired) electrons. The summed E-state index contributed by atoms with van der Waals surface area (Å²) in [5.74, 6) is 0. The van der Waals surface area contributed by atoms with Crippen molar-refractivity contribution in [2.75, 3.05) is 0 Å². The zero-order chi connectivity index (χ0) is 21.7. The van der Waals surface area contributed by atoms with E-state index in [2.05, 4.69) is 91.0 Å². The van der Waals surface area contributed by atoms with Crippen LogP contribution in [0.3, 0.4) is 0 Å². The van der Waals surface area contributed by atoms with Crippen molar-refractivity contribution < 1.29 is 0 Å². The van der Waals surface area contributed by atoms with Gasteiger partial charge in [0.05, 0.1) is 0 Å². The van der Waals surface area contributed by atoms with E-state index in [0.717, 1.165) is 12.8 Å². The summed E-state index contributed by atoms with van der Waals surface area (Å²) >= 11 is 0. The van der Waals surface area contributed by atoms with Crippen LogP contribution in [0.2, 0.25) is 0 Å². The van der Waals surface area contributed by atoms with E-state index in [1.165, 1.54) is 63.8 Å². The lowest BCUT2D eigenvalue weighted by atomic mass is 9.78. The zero-order valence-corrected chi connectivity index (χ0v) is 20.1. The molecule has 0 amide bonds. The summed E-state index contributed by atoms with van der Waals surface area (Å²) in [5, 5.41) is 0. The second-order valence-corrected chi connectivity index (χ2v) is 11.3. The Balaban J connectivity index is 1.82. The van der Waals surface area contributed by atoms with Gasteiger partial charge in [0, 0.05) is 0 Å². The summed E-state index contributed by atoms with van der Waals surface area (Å²) in [7, 11) is 0. The van der Waals surface area contributed by atoms with Gasteiger partial charge in [-0.15, -0.1) is 0 Å². The molecule has 2 aromatic carbocycles. The number of hydrogen-bond acceptors (Lipinski definition) is 0. The average molecular weight is 399 g/mol. The number of rotatable bonds is 4. The molecule has 0 aliphatic heterocycles. The molecule has 0 N–H and O–H groups in total. The van der Waals surface area contributed by atoms with Gasteiger partial charge in [0.2, 0.25) is 0 Å². The Hall–Kier alpha value is -2.08. The minimum atomic E-state index is 0.142. The predicted octanol–water partition coefficient (Wildman–Crippen LogP) is 8.76. The molecule has 2 aliphatic carbocycles. The van der Waals surface area contributed by atoms with E-state index in [9.17, 15) is 0 Å². The van der Waals surface area contributed by atoms with Crippen molar-refractivity contribution in [3.63, 3.8) is 0 Å². The van der Waals surface area contributed by atoms with Crippen molar-refractivity contribution in [3.8, 4) is 11.1 Å². The first-order chi connectivity index (χ1) is 14.1. The fourth-order valence-electron chi connectivity index (χ4n) is 5.05. The number of unbranched alkanes of at least 4 members (excludes halogenated alkanes) is 1. The van der Waals surface area contributed by atoms with Gasteiger partial charge < -0.3 is 0 Å². The normalized spacial score (nSPS) is 15.7. The van der Waals surface area contributed by atoms with Crippen molar-refractivity contribution in [2.24, 2.45) is 0 Å². The summed E-state index contributed by atoms with van der Waals surface area (Å²) in [6.07, 6.45) is 10.9. The lowest BCUT2D eigenvalue weighted by Crippen LogP contribution is -2.15. The van der Waals surface area contributed by atoms with Crippen molar-refractivity contribution in [2.45, 2.75) is 91.4 Å². The fraction of sp³-hybridized carbons (Fsp3) is 0.467. The van der Waals surface area contributed by atoms with E-state index in [1.807, 2.05) is 0 Å². The molecule has 4 rings (SSSR count). The molecule has 0 saturated carbocycles. The fourth-order valence-corrected chi connectivity index (χ4v) is 5.05. The first-order valence-corrected chi connectivity index (χ1v) is 11.8. The van der Waals surface area contributed by atoms with Gasteiger partial charge in [-0.3, -0.25) is 0 Å². The van der Waals surface area contributed by atoms with E-state index in [4.69, 9.17) is 0 Å². The number of hydrogen-bond donors (Lipinski definition) is 0. The summed E-state index contributed by atoms with van der Waals surface area (Å²) in [5.41, 5.74) is 13.8. The van der Waals surface area contributed by atoms with Gasteiger partial charge in [-0.25, -0.2) is 0 Å². The monoisotopic (exact) mass is 398 g/mol. The van der Waals surface area contributed by atoms with Crippen LogP contribution >= 0.6 is 0 Å². The van der Waals surface area contributed by atoms with Crippen molar-refractivity contribution in [1.82, 2.24) is 0 Å². The summed E-state index contributed by atoms with van der Waals surface area (Å²) in [6.45, 7) is 16.3. The molecule has 0 unspecified atom stereocenters. The Morgan fingerprint density at radius 2 is 1.60 bits per heavy atom. The lowest BCUT2D eigenvalue weighted by Gasteiger charge is -2.26. The third-order valence-electron chi connectivity index (χ3n) is 6.83. The van der Waals surface area contributed by atoms with Crippen LogP contribution < -0.4 is 0 Å². The largest absolute Gasteiger partial charge is 0.0769 e. The third kappa shape index (κ3) is 3.82. The Morgan fingerprint density at radius 3 is 2.27 bits per heavy atom. The van der Waals surface area contributed by atoms with Crippen LogP contribution in [0.25, 0.3) is 16.7 Å². The quantitative estimate of drug-likeness (QED) is 0.412. The number of allylic oxidation sites excluding steroid dienone is 4. The molecule has 0 saturated heterocycles. The maximum Gasteiger partial charge on any atom is -0.000719 e. The molecular weight excluding hydrogens is 360 g/mol. The molecule has 0 heterocycles. The van der Waals surface area contributed by atoms with Crippen LogP contribution in [0.15, 0.2) is 48.1 Å². The van der Waals surface area contributed by atoms with Gasteiger partial charge in [-0.05, 0) is 81.0 Å². The maximum absolute atomic E-state index is 2.50. The highest BCUT2D eigenvalue weighted by atomic mass is 14.3. The Morgan fingerprint density at radius 1 is 0.867 bits per heavy atom. The number of fused-ring (bicyclic) bond motifs is 3. The standard InChI is InChI=1S/C30H38/c1-8-9-10-20-11-12-21(17-20)28-26-19-22-18-23(29(2,3)4)13-14-24(22)25(26)15-16-27(28)30(5,6)7/h11,13-18H,8-10,12,19H2,1-7H3. The van der Waals surface area contributed by atoms with Crippen LogP contribution in [0.4, 0.5) is 0 Å². The molecule has 0 fully saturated rings. The maximum atomic E-state index is 2.50. The molecule has 30 heavy (non-hydrogen) atoms. The molecule has 158 valence electrons. The van der Waals surface area contributed by atoms with Crippen LogP contribution in [-0.4, -0.2) is 0 Å². The molecule has 0 bridgehead atoms. The molecule has 0 atom stereocenters. The Bertz CT molecular complexity index is 1030. The molecule has 0 nitrogen and oxygen atoms in total. The van der Waals surface area contributed by atoms with Crippen molar-refractivity contribution in [1.29, 1.82) is 0 Å². The van der Waals surface area contributed by atoms with Gasteiger partial charge in [0.1, 0.15) is 0 Å². The Labute approximate surface area is 184 Å². The van der Waals surface area contributed by atoms with Gasteiger partial charge in [0.15, 0.2) is 0 Å². The second-order valence-electron chi connectivity index (χ2n) is 11.3. The molecule has 0 aromatic heterocycles. The smallest absolute Gasteiger partial charge is 0.000719 e. The van der Waals surface area contributed by atoms with Gasteiger partial charge >= 0.3 is 0 Å². The highest BCUT2D eigenvalue weighted by Crippen LogP contribution is 2.47. The van der Waals surface area contributed by atoms with Crippen molar-refractivity contribution in [3.05, 3.63) is 75.9 Å². The third-order valence-corrected chi connectivity index (χ3v) is 6.83. The predicted molar refractivity (Wildman–Crippen MR) is 132 cm³/mol. The topological polar surface area (TPSA) is 0 Å². The lowest BCUT2D eigenvalue weighted by molar-refractivity contribution is 0.587. The minimum Gasteiger partial charge on any atom is -0.0769 e. The van der Waals surface area contributed by atoms with E-state index < -0.39 is 0 Å². The van der Waals surface area contributed by atoms with Gasteiger partial charge in [-0.2, -0.15) is 0 Å². The van der Waals surface area contributed by atoms with E-state index in [0.29, 0.717) is 0 Å². The van der Waals surface area contributed by atoms with Gasteiger partial charge in [-0.1, -0.05) is 103 Å². The Kier molecular flexibility index (Phi) is 5.33. The molecule has 2 aliphatic rings. The van der Waals surface area contributed by atoms with Gasteiger partial charge in [0.25, 0.3) is 0 Å². The van der Waals surface area contributed by atoms with Crippen LogP contribution in [-0.2, 0) is 17.3 Å². The summed E-state index contributed by atoms with van der Waals surface area (Å²) in [6, 6.07) is 12.0. The van der Waals surface area contributed by atoms with E-state index in [1.54, 1.807) is 5.56 Å². The van der Waals surface area contributed by atoms with Crippen LogP contribution in [0.1, 0.15) is 102 Å². The average Bonchev–Trinajstić information content (AvgIpc) is 3.27. The van der Waals surface area contributed by atoms with Crippen molar-refractivity contribution >= 4 is 5.57 Å². The summed E-state index contributed by atoms with van der Waals surface area (Å²) < 4.78 is 0. The van der Waals surface area contributed by atoms with Crippen LogP contribution in [0.5, 0.6) is 0 Å². The number of benzene rings is 2. The second kappa shape index (κ2) is 7.56. The van der Waals surface area contributed by atoms with E-state index in [-0.39, 0.29) is 10.8 Å². The highest BCUT2D eigenvalue weighted by molar-refractivity contribution is 5.87. The molecule has 2 aromatic rings. The highest BCUT2D eigenvalue weighted by Gasteiger charge is 2.30. The molecular formula is C30H38. The molecule has 0 spiro atoms. The molecule has 0 heteroatoms. The summed E-state index contributed by atoms with van der Waals surface area (Å²) in [4.78, 5) is 0. The first kappa shape index (κ1) is 21.2. The van der Waals surface area contributed by atoms with E-state index >= 15 is 0 Å².